The fourth-order valence-corrected chi connectivity index (χ4v) is 2.87. The Hall–Kier alpha value is -2.50. The smallest absolute Gasteiger partial charge is 0.256 e. The average Bonchev–Trinajstić information content (AvgIpc) is 2.91. The van der Waals surface area contributed by atoms with Gasteiger partial charge in [-0.25, -0.2) is 0 Å². The number of carbonyl (C=O) groups is 1. The normalized spacial score (nSPS) is 14.5. The third-order valence-electron chi connectivity index (χ3n) is 4.06. The predicted octanol–water partition coefficient (Wildman–Crippen LogP) is 3.78. The quantitative estimate of drug-likeness (QED) is 0.784. The molecule has 1 N–H and O–H groups in total. The Morgan fingerprint density at radius 2 is 1.96 bits per heavy atom. The minimum atomic E-state index is -0.146. The van der Waals surface area contributed by atoms with Crippen molar-refractivity contribution in [1.82, 2.24) is 4.90 Å². The monoisotopic (exact) mass is 372 g/mol. The van der Waals surface area contributed by atoms with E-state index in [9.17, 15) is 4.79 Å². The van der Waals surface area contributed by atoms with E-state index in [1.165, 1.54) is 0 Å². The molecule has 1 aliphatic heterocycles. The Morgan fingerprint density at radius 3 is 2.69 bits per heavy atom. The van der Waals surface area contributed by atoms with E-state index in [-0.39, 0.29) is 5.91 Å². The number of rotatable bonds is 6. The molecular weight excluding hydrogens is 352 g/mol. The van der Waals surface area contributed by atoms with Gasteiger partial charge in [0.15, 0.2) is 11.5 Å². The fourth-order valence-electron chi connectivity index (χ4n) is 2.70. The summed E-state index contributed by atoms with van der Waals surface area (Å²) >= 11 is 6.07. The maximum atomic E-state index is 12.3. The van der Waals surface area contributed by atoms with Crippen molar-refractivity contribution in [2.45, 2.75) is 0 Å². The van der Waals surface area contributed by atoms with Gasteiger partial charge in [0.2, 0.25) is 0 Å². The number of nitrogens with zero attached hydrogens (tertiary/aromatic N) is 1. The molecule has 5 nitrogen and oxygen atoms in total. The van der Waals surface area contributed by atoms with E-state index < -0.39 is 0 Å². The van der Waals surface area contributed by atoms with Crippen LogP contribution in [0.1, 0.15) is 11.1 Å². The second kappa shape index (κ2) is 7.81. The van der Waals surface area contributed by atoms with Crippen LogP contribution in [0.5, 0.6) is 11.5 Å². The Morgan fingerprint density at radius 1 is 1.15 bits per heavy atom. The third kappa shape index (κ3) is 4.00. The summed E-state index contributed by atoms with van der Waals surface area (Å²) in [4.78, 5) is 14.3. The van der Waals surface area contributed by atoms with Gasteiger partial charge in [0.25, 0.3) is 5.91 Å². The van der Waals surface area contributed by atoms with Gasteiger partial charge in [-0.15, -0.1) is 0 Å². The number of hydrogen-bond acceptors (Lipinski definition) is 4. The van der Waals surface area contributed by atoms with Crippen LogP contribution in [0.25, 0.3) is 11.6 Å². The molecule has 0 spiro atoms. The lowest BCUT2D eigenvalue weighted by Gasteiger charge is -2.14. The van der Waals surface area contributed by atoms with Gasteiger partial charge in [0, 0.05) is 28.4 Å². The van der Waals surface area contributed by atoms with Crippen LogP contribution in [0.2, 0.25) is 5.02 Å². The molecular formula is C20H21ClN2O3. The SMILES string of the molecule is COc1cc(/C=C2\C(=O)Nc3ccc(Cl)cc32)ccc1OCCN(C)C. The third-order valence-corrected chi connectivity index (χ3v) is 4.29. The summed E-state index contributed by atoms with van der Waals surface area (Å²) in [5.74, 6) is 1.16. The average molecular weight is 373 g/mol. The number of halogens is 1. The van der Waals surface area contributed by atoms with E-state index in [1.54, 1.807) is 25.3 Å². The molecule has 6 heteroatoms. The second-order valence-electron chi connectivity index (χ2n) is 6.26. The number of likely N-dealkylation sites (N-methyl/N-ethyl adjacent to an activating group) is 1. The number of carbonyl (C=O) groups excluding carboxylic acids is 1. The molecule has 0 bridgehead atoms. The largest absolute Gasteiger partial charge is 0.493 e. The van der Waals surface area contributed by atoms with Crippen molar-refractivity contribution in [3.05, 3.63) is 52.5 Å². The first-order valence-electron chi connectivity index (χ1n) is 8.26. The lowest BCUT2D eigenvalue weighted by Crippen LogP contribution is -2.19. The number of hydrogen-bond donors (Lipinski definition) is 1. The Kier molecular flexibility index (Phi) is 5.49. The maximum absolute atomic E-state index is 12.3. The van der Waals surface area contributed by atoms with Gasteiger partial charge in [-0.3, -0.25) is 4.79 Å². The Balaban J connectivity index is 1.87. The lowest BCUT2D eigenvalue weighted by atomic mass is 10.0. The number of benzene rings is 2. The van der Waals surface area contributed by atoms with Crippen molar-refractivity contribution in [2.24, 2.45) is 0 Å². The first-order chi connectivity index (χ1) is 12.5. The number of nitrogens with one attached hydrogen (secondary N) is 1. The fraction of sp³-hybridized carbons (Fsp3) is 0.250. The molecule has 0 unspecified atom stereocenters. The number of methoxy groups -OCH3 is 1. The minimum Gasteiger partial charge on any atom is -0.493 e. The zero-order valence-electron chi connectivity index (χ0n) is 15.0. The van der Waals surface area contributed by atoms with Gasteiger partial charge in [-0.1, -0.05) is 17.7 Å². The summed E-state index contributed by atoms with van der Waals surface area (Å²) in [6.45, 7) is 1.38. The summed E-state index contributed by atoms with van der Waals surface area (Å²) in [6.07, 6.45) is 1.82. The molecule has 2 aromatic carbocycles. The molecule has 136 valence electrons. The molecule has 0 atom stereocenters. The van der Waals surface area contributed by atoms with Crippen molar-refractivity contribution >= 4 is 34.8 Å². The van der Waals surface area contributed by atoms with Crippen LogP contribution in [0.4, 0.5) is 5.69 Å². The number of fused-ring (bicyclic) bond motifs is 1. The maximum Gasteiger partial charge on any atom is 0.256 e. The van der Waals surface area contributed by atoms with Crippen LogP contribution < -0.4 is 14.8 Å². The molecule has 0 saturated heterocycles. The van der Waals surface area contributed by atoms with E-state index in [1.807, 2.05) is 43.3 Å². The van der Waals surface area contributed by atoms with E-state index in [0.29, 0.717) is 28.7 Å². The van der Waals surface area contributed by atoms with Crippen LogP contribution >= 0.6 is 11.6 Å². The summed E-state index contributed by atoms with van der Waals surface area (Å²) in [5.41, 5.74) is 2.99. The van der Waals surface area contributed by atoms with E-state index in [0.717, 1.165) is 23.4 Å². The van der Waals surface area contributed by atoms with E-state index in [2.05, 4.69) is 5.32 Å². The Bertz CT molecular complexity index is 862. The van der Waals surface area contributed by atoms with Gasteiger partial charge in [0.05, 0.1) is 7.11 Å². The molecule has 1 amide bonds. The van der Waals surface area contributed by atoms with Crippen molar-refractivity contribution in [3.63, 3.8) is 0 Å². The van der Waals surface area contributed by atoms with Crippen LogP contribution in [0.3, 0.4) is 0 Å². The summed E-state index contributed by atoms with van der Waals surface area (Å²) in [6, 6.07) is 11.0. The number of amides is 1. The van der Waals surface area contributed by atoms with Crippen LogP contribution in [-0.4, -0.2) is 45.2 Å². The van der Waals surface area contributed by atoms with E-state index in [4.69, 9.17) is 21.1 Å². The van der Waals surface area contributed by atoms with Gasteiger partial charge >= 0.3 is 0 Å². The van der Waals surface area contributed by atoms with Crippen molar-refractivity contribution < 1.29 is 14.3 Å². The summed E-state index contributed by atoms with van der Waals surface area (Å²) in [5, 5.41) is 3.44. The van der Waals surface area contributed by atoms with E-state index >= 15 is 0 Å². The first-order valence-corrected chi connectivity index (χ1v) is 8.64. The zero-order chi connectivity index (χ0) is 18.7. The molecule has 0 radical (unpaired) electrons. The molecule has 3 rings (SSSR count). The lowest BCUT2D eigenvalue weighted by molar-refractivity contribution is -0.110. The van der Waals surface area contributed by atoms with Crippen molar-refractivity contribution in [3.8, 4) is 11.5 Å². The molecule has 1 aliphatic rings. The highest BCUT2D eigenvalue weighted by atomic mass is 35.5. The van der Waals surface area contributed by atoms with Crippen molar-refractivity contribution in [2.75, 3.05) is 39.7 Å². The van der Waals surface area contributed by atoms with Gasteiger partial charge in [-0.2, -0.15) is 0 Å². The molecule has 1 heterocycles. The zero-order valence-corrected chi connectivity index (χ0v) is 15.8. The van der Waals surface area contributed by atoms with Gasteiger partial charge in [0.1, 0.15) is 6.61 Å². The van der Waals surface area contributed by atoms with Crippen LogP contribution in [-0.2, 0) is 4.79 Å². The minimum absolute atomic E-state index is 0.146. The molecule has 0 fully saturated rings. The molecule has 26 heavy (non-hydrogen) atoms. The highest BCUT2D eigenvalue weighted by Crippen LogP contribution is 2.36. The molecule has 0 saturated carbocycles. The van der Waals surface area contributed by atoms with Crippen molar-refractivity contribution in [1.29, 1.82) is 0 Å². The summed E-state index contributed by atoms with van der Waals surface area (Å²) < 4.78 is 11.2. The highest BCUT2D eigenvalue weighted by molar-refractivity contribution is 6.36. The molecule has 0 aliphatic carbocycles. The highest BCUT2D eigenvalue weighted by Gasteiger charge is 2.24. The molecule has 0 aromatic heterocycles. The first kappa shape index (κ1) is 18.3. The standard InChI is InChI=1S/C20H21ClN2O3/c1-23(2)8-9-26-18-7-4-13(11-19(18)25-3)10-16-15-12-14(21)5-6-17(15)22-20(16)24/h4-7,10-12H,8-9H2,1-3H3,(H,22,24)/b16-10-. The Labute approximate surface area is 158 Å². The van der Waals surface area contributed by atoms with Crippen LogP contribution in [0, 0.1) is 0 Å². The molecule has 2 aromatic rings. The summed E-state index contributed by atoms with van der Waals surface area (Å²) in [7, 11) is 5.58. The second-order valence-corrected chi connectivity index (χ2v) is 6.70. The number of anilines is 1. The topological polar surface area (TPSA) is 50.8 Å². The predicted molar refractivity (Wildman–Crippen MR) is 105 cm³/mol. The van der Waals surface area contributed by atoms with Gasteiger partial charge < -0.3 is 19.7 Å². The number of ether oxygens (including phenoxy) is 2. The van der Waals surface area contributed by atoms with Gasteiger partial charge in [-0.05, 0) is 56.1 Å². The van der Waals surface area contributed by atoms with Crippen LogP contribution in [0.15, 0.2) is 36.4 Å².